The molecule has 0 saturated carbocycles. The van der Waals surface area contributed by atoms with Gasteiger partial charge in [0, 0.05) is 25.5 Å². The summed E-state index contributed by atoms with van der Waals surface area (Å²) in [6.07, 6.45) is 1.06. The molecular formula is C18H24N2. The fourth-order valence-corrected chi connectivity index (χ4v) is 2.29. The number of hydrogen-bond donors (Lipinski definition) is 1. The zero-order valence-corrected chi connectivity index (χ0v) is 12.9. The lowest BCUT2D eigenvalue weighted by Crippen LogP contribution is -2.12. The molecule has 20 heavy (non-hydrogen) atoms. The van der Waals surface area contributed by atoms with Gasteiger partial charge in [-0.1, -0.05) is 42.8 Å². The van der Waals surface area contributed by atoms with Crippen molar-refractivity contribution < 1.29 is 0 Å². The first kappa shape index (κ1) is 14.4. The van der Waals surface area contributed by atoms with Crippen molar-refractivity contribution in [3.63, 3.8) is 0 Å². The lowest BCUT2D eigenvalue weighted by molar-refractivity contribution is 0.749. The van der Waals surface area contributed by atoms with Crippen LogP contribution in [-0.4, -0.2) is 14.1 Å². The fourth-order valence-electron chi connectivity index (χ4n) is 2.29. The molecule has 2 nitrogen and oxygen atoms in total. The summed E-state index contributed by atoms with van der Waals surface area (Å²) in [4.78, 5) is 2.12. The minimum atomic E-state index is 0.355. The predicted octanol–water partition coefficient (Wildman–Crippen LogP) is 4.62. The summed E-state index contributed by atoms with van der Waals surface area (Å²) in [5.74, 6) is 0. The summed E-state index contributed by atoms with van der Waals surface area (Å²) in [5, 5.41) is 3.63. The number of benzene rings is 2. The third-order valence-corrected chi connectivity index (χ3v) is 3.59. The summed E-state index contributed by atoms with van der Waals surface area (Å²) < 4.78 is 0. The van der Waals surface area contributed by atoms with Crippen LogP contribution < -0.4 is 10.2 Å². The van der Waals surface area contributed by atoms with Crippen LogP contribution in [0.4, 0.5) is 11.4 Å². The van der Waals surface area contributed by atoms with E-state index in [9.17, 15) is 0 Å². The number of nitrogens with one attached hydrogen (secondary N) is 1. The maximum atomic E-state index is 3.63. The number of hydrogen-bond acceptors (Lipinski definition) is 2. The van der Waals surface area contributed by atoms with Gasteiger partial charge in [0.25, 0.3) is 0 Å². The normalized spacial score (nSPS) is 12.0. The second kappa shape index (κ2) is 6.47. The van der Waals surface area contributed by atoms with E-state index in [0.29, 0.717) is 6.04 Å². The van der Waals surface area contributed by atoms with E-state index >= 15 is 0 Å². The first-order valence-corrected chi connectivity index (χ1v) is 7.20. The number of rotatable bonds is 5. The Bertz CT molecular complexity index is 544. The molecule has 106 valence electrons. The topological polar surface area (TPSA) is 15.3 Å². The van der Waals surface area contributed by atoms with Crippen molar-refractivity contribution in [2.45, 2.75) is 26.3 Å². The van der Waals surface area contributed by atoms with E-state index in [0.717, 1.165) is 6.42 Å². The van der Waals surface area contributed by atoms with Crippen molar-refractivity contribution in [3.05, 3.63) is 59.7 Å². The molecule has 0 spiro atoms. The first-order chi connectivity index (χ1) is 9.60. The van der Waals surface area contributed by atoms with E-state index < -0.39 is 0 Å². The molecule has 1 atom stereocenters. The molecule has 0 aliphatic rings. The zero-order valence-electron chi connectivity index (χ0n) is 12.9. The molecule has 2 rings (SSSR count). The molecule has 2 aromatic carbocycles. The summed E-state index contributed by atoms with van der Waals surface area (Å²) in [6, 6.07) is 17.7. The van der Waals surface area contributed by atoms with Crippen molar-refractivity contribution in [2.75, 3.05) is 24.3 Å². The van der Waals surface area contributed by atoms with Crippen LogP contribution in [0.3, 0.4) is 0 Å². The van der Waals surface area contributed by atoms with Crippen LogP contribution in [0.5, 0.6) is 0 Å². The molecule has 0 aliphatic carbocycles. The van der Waals surface area contributed by atoms with E-state index in [1.165, 1.54) is 22.5 Å². The molecular weight excluding hydrogens is 244 g/mol. The molecule has 0 radical (unpaired) electrons. The SMILES string of the molecule is CCC(Nc1cccc(N(C)C)c1)c1ccc(C)cc1. The summed E-state index contributed by atoms with van der Waals surface area (Å²) in [7, 11) is 4.13. The van der Waals surface area contributed by atoms with Crippen LogP contribution in [0.2, 0.25) is 0 Å². The largest absolute Gasteiger partial charge is 0.378 e. The van der Waals surface area contributed by atoms with Gasteiger partial charge in [-0.05, 0) is 37.1 Å². The van der Waals surface area contributed by atoms with Crippen molar-refractivity contribution in [1.82, 2.24) is 0 Å². The Morgan fingerprint density at radius 2 is 1.75 bits per heavy atom. The molecule has 0 aliphatic heterocycles. The highest BCUT2D eigenvalue weighted by Gasteiger charge is 2.09. The Balaban J connectivity index is 2.17. The Hall–Kier alpha value is -1.96. The molecule has 0 heterocycles. The van der Waals surface area contributed by atoms with Gasteiger partial charge in [0.15, 0.2) is 0 Å². The van der Waals surface area contributed by atoms with Gasteiger partial charge in [0.1, 0.15) is 0 Å². The lowest BCUT2D eigenvalue weighted by atomic mass is 10.0. The second-order valence-corrected chi connectivity index (χ2v) is 5.46. The lowest BCUT2D eigenvalue weighted by Gasteiger charge is -2.21. The van der Waals surface area contributed by atoms with E-state index in [-0.39, 0.29) is 0 Å². The third-order valence-electron chi connectivity index (χ3n) is 3.59. The van der Waals surface area contributed by atoms with Crippen molar-refractivity contribution in [3.8, 4) is 0 Å². The van der Waals surface area contributed by atoms with Crippen LogP contribution >= 0.6 is 0 Å². The highest BCUT2D eigenvalue weighted by Crippen LogP contribution is 2.25. The number of nitrogens with zero attached hydrogens (tertiary/aromatic N) is 1. The smallest absolute Gasteiger partial charge is 0.0511 e. The van der Waals surface area contributed by atoms with Crippen molar-refractivity contribution >= 4 is 11.4 Å². The molecule has 0 fully saturated rings. The van der Waals surface area contributed by atoms with Gasteiger partial charge in [-0.15, -0.1) is 0 Å². The maximum Gasteiger partial charge on any atom is 0.0511 e. The van der Waals surface area contributed by atoms with Crippen LogP contribution in [0.1, 0.15) is 30.5 Å². The number of aryl methyl sites for hydroxylation is 1. The molecule has 1 unspecified atom stereocenters. The Morgan fingerprint density at radius 3 is 2.35 bits per heavy atom. The molecule has 0 aromatic heterocycles. The van der Waals surface area contributed by atoms with E-state index in [1.807, 2.05) is 0 Å². The molecule has 0 saturated heterocycles. The van der Waals surface area contributed by atoms with Gasteiger partial charge in [-0.25, -0.2) is 0 Å². The van der Waals surface area contributed by atoms with E-state index in [4.69, 9.17) is 0 Å². The molecule has 0 amide bonds. The fraction of sp³-hybridized carbons (Fsp3) is 0.333. The maximum absolute atomic E-state index is 3.63. The molecule has 2 heteroatoms. The quantitative estimate of drug-likeness (QED) is 0.851. The highest BCUT2D eigenvalue weighted by molar-refractivity contribution is 5.58. The molecule has 0 bridgehead atoms. The van der Waals surface area contributed by atoms with Crippen LogP contribution in [0.15, 0.2) is 48.5 Å². The van der Waals surface area contributed by atoms with Gasteiger partial charge in [0.05, 0.1) is 6.04 Å². The highest BCUT2D eigenvalue weighted by atomic mass is 15.1. The summed E-state index contributed by atoms with van der Waals surface area (Å²) in [6.45, 7) is 4.34. The zero-order chi connectivity index (χ0) is 14.5. The second-order valence-electron chi connectivity index (χ2n) is 5.46. The summed E-state index contributed by atoms with van der Waals surface area (Å²) >= 11 is 0. The van der Waals surface area contributed by atoms with Gasteiger partial charge < -0.3 is 10.2 Å². The van der Waals surface area contributed by atoms with Gasteiger partial charge in [-0.3, -0.25) is 0 Å². The monoisotopic (exact) mass is 268 g/mol. The van der Waals surface area contributed by atoms with Crippen molar-refractivity contribution in [1.29, 1.82) is 0 Å². The Kier molecular flexibility index (Phi) is 4.67. The third kappa shape index (κ3) is 3.53. The number of anilines is 2. The van der Waals surface area contributed by atoms with Crippen LogP contribution in [0, 0.1) is 6.92 Å². The van der Waals surface area contributed by atoms with Gasteiger partial charge in [-0.2, -0.15) is 0 Å². The first-order valence-electron chi connectivity index (χ1n) is 7.20. The average molecular weight is 268 g/mol. The van der Waals surface area contributed by atoms with Crippen LogP contribution in [0.25, 0.3) is 0 Å². The molecule has 1 N–H and O–H groups in total. The Morgan fingerprint density at radius 1 is 1.05 bits per heavy atom. The Labute approximate surface area is 122 Å². The van der Waals surface area contributed by atoms with E-state index in [2.05, 4.69) is 86.7 Å². The van der Waals surface area contributed by atoms with Gasteiger partial charge >= 0.3 is 0 Å². The standard InChI is InChI=1S/C18H24N2/c1-5-18(15-11-9-14(2)10-12-15)19-16-7-6-8-17(13-16)20(3)4/h6-13,18-19H,5H2,1-4H3. The molecule has 2 aromatic rings. The van der Waals surface area contributed by atoms with Crippen molar-refractivity contribution in [2.24, 2.45) is 0 Å². The minimum absolute atomic E-state index is 0.355. The predicted molar refractivity (Wildman–Crippen MR) is 88.6 cm³/mol. The van der Waals surface area contributed by atoms with E-state index in [1.54, 1.807) is 0 Å². The average Bonchev–Trinajstić information content (AvgIpc) is 2.46. The van der Waals surface area contributed by atoms with Crippen LogP contribution in [-0.2, 0) is 0 Å². The minimum Gasteiger partial charge on any atom is -0.378 e. The van der Waals surface area contributed by atoms with Gasteiger partial charge in [0.2, 0.25) is 0 Å². The summed E-state index contributed by atoms with van der Waals surface area (Å²) in [5.41, 5.74) is 5.03.